The van der Waals surface area contributed by atoms with Crippen LogP contribution in [0.15, 0.2) is 60.9 Å². The molecule has 24 heavy (non-hydrogen) atoms. The lowest BCUT2D eigenvalue weighted by molar-refractivity contribution is 0.157. The topological polar surface area (TPSA) is 42.1 Å². The van der Waals surface area contributed by atoms with Crippen LogP contribution in [-0.4, -0.2) is 28.5 Å². The summed E-state index contributed by atoms with van der Waals surface area (Å²) in [5.41, 5.74) is 8.67. The number of benzene rings is 1. The molecular weight excluding hydrogens is 294 g/mol. The van der Waals surface area contributed by atoms with Crippen LogP contribution in [0.5, 0.6) is 0 Å². The Kier molecular flexibility index (Phi) is 6.16. The molecule has 1 aliphatic carbocycles. The van der Waals surface area contributed by atoms with E-state index < -0.39 is 0 Å². The minimum absolute atomic E-state index is 0.392. The van der Waals surface area contributed by atoms with Crippen LogP contribution in [0, 0.1) is 0 Å². The molecule has 0 spiro atoms. The van der Waals surface area contributed by atoms with Gasteiger partial charge in [0.05, 0.1) is 0 Å². The van der Waals surface area contributed by atoms with Crippen molar-refractivity contribution in [3.8, 4) is 0 Å². The van der Waals surface area contributed by atoms with Gasteiger partial charge in [0.15, 0.2) is 0 Å². The first-order valence-corrected chi connectivity index (χ1v) is 8.91. The molecule has 1 heterocycles. The molecule has 0 amide bonds. The predicted molar refractivity (Wildman–Crippen MR) is 100 cm³/mol. The lowest BCUT2D eigenvalue weighted by Crippen LogP contribution is -2.40. The maximum Gasteiger partial charge on any atom is 0.0271 e. The van der Waals surface area contributed by atoms with E-state index in [2.05, 4.69) is 64.5 Å². The molecule has 1 aromatic carbocycles. The van der Waals surface area contributed by atoms with Gasteiger partial charge in [-0.1, -0.05) is 42.5 Å². The first kappa shape index (κ1) is 16.9. The molecule has 2 aromatic rings. The highest BCUT2D eigenvalue weighted by Gasteiger charge is 2.23. The molecule has 126 valence electrons. The van der Waals surface area contributed by atoms with Gasteiger partial charge >= 0.3 is 0 Å². The highest BCUT2D eigenvalue weighted by Crippen LogP contribution is 2.23. The summed E-state index contributed by atoms with van der Waals surface area (Å²) in [5.74, 6) is 0. The molecule has 3 nitrogen and oxygen atoms in total. The van der Waals surface area contributed by atoms with E-state index in [1.54, 1.807) is 0 Å². The number of hydrogen-bond acceptors (Lipinski definition) is 3. The van der Waals surface area contributed by atoms with Gasteiger partial charge in [0.2, 0.25) is 0 Å². The molecule has 0 radical (unpaired) electrons. The Morgan fingerprint density at radius 3 is 2.42 bits per heavy atom. The van der Waals surface area contributed by atoms with E-state index in [1.165, 1.54) is 24.0 Å². The molecule has 0 aliphatic heterocycles. The number of pyridine rings is 1. The standard InChI is InChI=1S/C21H27N3/c22-20-8-10-21(11-9-20)24(17-19-12-14-23-15-13-19)16-4-7-18-5-2-1-3-6-18/h1-7,12-15,20-21H,8-11,16-17,22H2. The Balaban J connectivity index is 1.66. The lowest BCUT2D eigenvalue weighted by atomic mass is 9.90. The fraction of sp³-hybridized carbons (Fsp3) is 0.381. The van der Waals surface area contributed by atoms with E-state index in [0.29, 0.717) is 12.1 Å². The zero-order valence-electron chi connectivity index (χ0n) is 14.2. The highest BCUT2D eigenvalue weighted by molar-refractivity contribution is 5.48. The molecule has 0 unspecified atom stereocenters. The summed E-state index contributed by atoms with van der Waals surface area (Å²) in [4.78, 5) is 6.71. The van der Waals surface area contributed by atoms with Gasteiger partial charge in [0, 0.05) is 37.6 Å². The fourth-order valence-corrected chi connectivity index (χ4v) is 3.42. The van der Waals surface area contributed by atoms with Crippen LogP contribution in [0.3, 0.4) is 0 Å². The average molecular weight is 321 g/mol. The molecule has 1 aliphatic rings. The van der Waals surface area contributed by atoms with Crippen LogP contribution in [-0.2, 0) is 6.54 Å². The monoisotopic (exact) mass is 321 g/mol. The Bertz CT molecular complexity index is 616. The summed E-state index contributed by atoms with van der Waals surface area (Å²) in [5, 5.41) is 0. The zero-order chi connectivity index (χ0) is 16.6. The minimum Gasteiger partial charge on any atom is -0.328 e. The quantitative estimate of drug-likeness (QED) is 0.878. The summed E-state index contributed by atoms with van der Waals surface area (Å²) in [6.45, 7) is 1.94. The minimum atomic E-state index is 0.392. The molecular formula is C21H27N3. The van der Waals surface area contributed by atoms with Gasteiger partial charge in [-0.2, -0.15) is 0 Å². The van der Waals surface area contributed by atoms with E-state index in [1.807, 2.05) is 12.4 Å². The summed E-state index contributed by atoms with van der Waals surface area (Å²) in [7, 11) is 0. The van der Waals surface area contributed by atoms with E-state index in [-0.39, 0.29) is 0 Å². The van der Waals surface area contributed by atoms with Crippen molar-refractivity contribution in [1.29, 1.82) is 0 Å². The van der Waals surface area contributed by atoms with E-state index in [9.17, 15) is 0 Å². The highest BCUT2D eigenvalue weighted by atomic mass is 15.1. The van der Waals surface area contributed by atoms with E-state index in [0.717, 1.165) is 25.9 Å². The van der Waals surface area contributed by atoms with Crippen molar-refractivity contribution in [2.45, 2.75) is 44.3 Å². The third-order valence-corrected chi connectivity index (χ3v) is 4.84. The van der Waals surface area contributed by atoms with Crippen LogP contribution in [0.1, 0.15) is 36.8 Å². The van der Waals surface area contributed by atoms with Crippen molar-refractivity contribution in [3.63, 3.8) is 0 Å². The Hall–Kier alpha value is -1.97. The number of rotatable bonds is 6. The van der Waals surface area contributed by atoms with Gasteiger partial charge in [0.25, 0.3) is 0 Å². The molecule has 1 fully saturated rings. The van der Waals surface area contributed by atoms with Crippen molar-refractivity contribution in [1.82, 2.24) is 9.88 Å². The molecule has 1 aromatic heterocycles. The Labute approximate surface area is 145 Å². The van der Waals surface area contributed by atoms with E-state index >= 15 is 0 Å². The van der Waals surface area contributed by atoms with Gasteiger partial charge in [-0.15, -0.1) is 0 Å². The third kappa shape index (κ3) is 5.02. The van der Waals surface area contributed by atoms with Gasteiger partial charge in [-0.05, 0) is 48.9 Å². The van der Waals surface area contributed by atoms with Gasteiger partial charge in [0.1, 0.15) is 0 Å². The largest absolute Gasteiger partial charge is 0.328 e. The molecule has 0 atom stereocenters. The Morgan fingerprint density at radius 2 is 1.71 bits per heavy atom. The smallest absolute Gasteiger partial charge is 0.0271 e. The molecule has 3 heteroatoms. The van der Waals surface area contributed by atoms with Crippen molar-refractivity contribution in [2.75, 3.05) is 6.54 Å². The molecule has 2 N–H and O–H groups in total. The van der Waals surface area contributed by atoms with Crippen LogP contribution in [0.25, 0.3) is 6.08 Å². The van der Waals surface area contributed by atoms with Gasteiger partial charge < -0.3 is 5.73 Å². The van der Waals surface area contributed by atoms with Crippen molar-refractivity contribution in [2.24, 2.45) is 5.73 Å². The zero-order valence-corrected chi connectivity index (χ0v) is 14.2. The van der Waals surface area contributed by atoms with Crippen molar-refractivity contribution < 1.29 is 0 Å². The second kappa shape index (κ2) is 8.76. The first-order chi connectivity index (χ1) is 11.8. The summed E-state index contributed by atoms with van der Waals surface area (Å²) >= 11 is 0. The number of nitrogens with two attached hydrogens (primary N) is 1. The van der Waals surface area contributed by atoms with Crippen molar-refractivity contribution in [3.05, 3.63) is 72.1 Å². The third-order valence-electron chi connectivity index (χ3n) is 4.84. The molecule has 1 saturated carbocycles. The fourth-order valence-electron chi connectivity index (χ4n) is 3.42. The molecule has 0 saturated heterocycles. The average Bonchev–Trinajstić information content (AvgIpc) is 2.63. The van der Waals surface area contributed by atoms with Crippen molar-refractivity contribution >= 4 is 6.08 Å². The summed E-state index contributed by atoms with van der Waals surface area (Å²) in [6, 6.07) is 15.7. The molecule has 3 rings (SSSR count). The van der Waals surface area contributed by atoms with Gasteiger partial charge in [-0.25, -0.2) is 0 Å². The summed E-state index contributed by atoms with van der Waals surface area (Å²) in [6.07, 6.45) is 12.9. The van der Waals surface area contributed by atoms with E-state index in [4.69, 9.17) is 5.73 Å². The first-order valence-electron chi connectivity index (χ1n) is 8.91. The number of nitrogens with zero attached hydrogens (tertiary/aromatic N) is 2. The SMILES string of the molecule is NC1CCC(N(CC=Cc2ccccc2)Cc2ccncc2)CC1. The second-order valence-electron chi connectivity index (χ2n) is 6.67. The van der Waals surface area contributed by atoms with Crippen LogP contribution < -0.4 is 5.73 Å². The van der Waals surface area contributed by atoms with Crippen LogP contribution >= 0.6 is 0 Å². The second-order valence-corrected chi connectivity index (χ2v) is 6.67. The maximum atomic E-state index is 6.09. The number of hydrogen-bond donors (Lipinski definition) is 1. The summed E-state index contributed by atoms with van der Waals surface area (Å²) < 4.78 is 0. The maximum absolute atomic E-state index is 6.09. The lowest BCUT2D eigenvalue weighted by Gasteiger charge is -2.35. The molecule has 0 bridgehead atoms. The van der Waals surface area contributed by atoms with Gasteiger partial charge in [-0.3, -0.25) is 9.88 Å². The normalized spacial score (nSPS) is 21.4. The number of aromatic nitrogens is 1. The Morgan fingerprint density at radius 1 is 1.00 bits per heavy atom. The van der Waals surface area contributed by atoms with Crippen LogP contribution in [0.2, 0.25) is 0 Å². The van der Waals surface area contributed by atoms with Crippen LogP contribution in [0.4, 0.5) is 0 Å². The predicted octanol–water partition coefficient (Wildman–Crippen LogP) is 3.87.